The van der Waals surface area contributed by atoms with Gasteiger partial charge in [0.2, 0.25) is 0 Å². The molecule has 8 heteroatoms. The SMILES string of the molecule is Cc1ncc(S(=O)(=O)N2C[C@H]3CNC[C@H]3C2)s1.Cl. The van der Waals surface area contributed by atoms with Gasteiger partial charge in [-0.1, -0.05) is 0 Å². The van der Waals surface area contributed by atoms with Gasteiger partial charge < -0.3 is 5.32 Å². The maximum Gasteiger partial charge on any atom is 0.254 e. The van der Waals surface area contributed by atoms with E-state index in [1.54, 1.807) is 4.31 Å². The fourth-order valence-electron chi connectivity index (χ4n) is 2.60. The van der Waals surface area contributed by atoms with Gasteiger partial charge in [-0.3, -0.25) is 0 Å². The molecule has 0 radical (unpaired) electrons. The summed E-state index contributed by atoms with van der Waals surface area (Å²) in [5.74, 6) is 0.970. The van der Waals surface area contributed by atoms with E-state index < -0.39 is 10.0 Å². The third-order valence-electron chi connectivity index (χ3n) is 3.55. The van der Waals surface area contributed by atoms with Crippen LogP contribution in [0.25, 0.3) is 0 Å². The second kappa shape index (κ2) is 5.05. The largest absolute Gasteiger partial charge is 0.316 e. The van der Waals surface area contributed by atoms with Crippen molar-refractivity contribution in [3.63, 3.8) is 0 Å². The molecule has 5 nitrogen and oxygen atoms in total. The number of halogens is 1. The number of nitrogens with one attached hydrogen (secondary N) is 1. The summed E-state index contributed by atoms with van der Waals surface area (Å²) in [6.45, 7) is 5.01. The molecular weight excluding hydrogens is 294 g/mol. The molecule has 18 heavy (non-hydrogen) atoms. The van der Waals surface area contributed by atoms with Gasteiger partial charge in [0.15, 0.2) is 4.21 Å². The Kier molecular flexibility index (Phi) is 3.99. The number of rotatable bonds is 2. The Labute approximate surface area is 117 Å². The molecule has 1 aromatic heterocycles. The summed E-state index contributed by atoms with van der Waals surface area (Å²) in [5, 5.41) is 4.10. The maximum absolute atomic E-state index is 12.4. The van der Waals surface area contributed by atoms with Gasteiger partial charge in [-0.25, -0.2) is 13.4 Å². The zero-order chi connectivity index (χ0) is 12.0. The van der Waals surface area contributed by atoms with Crippen LogP contribution in [0.3, 0.4) is 0 Å². The van der Waals surface area contributed by atoms with Crippen molar-refractivity contribution < 1.29 is 8.42 Å². The molecule has 2 aliphatic heterocycles. The molecule has 1 aromatic rings. The monoisotopic (exact) mass is 309 g/mol. The summed E-state index contributed by atoms with van der Waals surface area (Å²) < 4.78 is 26.7. The van der Waals surface area contributed by atoms with Crippen LogP contribution in [0.4, 0.5) is 0 Å². The molecule has 2 atom stereocenters. The first-order valence-electron chi connectivity index (χ1n) is 5.70. The van der Waals surface area contributed by atoms with E-state index in [0.29, 0.717) is 29.1 Å². The molecule has 2 fully saturated rings. The van der Waals surface area contributed by atoms with E-state index >= 15 is 0 Å². The van der Waals surface area contributed by atoms with Gasteiger partial charge in [0.25, 0.3) is 10.0 Å². The van der Waals surface area contributed by atoms with Crippen LogP contribution in [0.1, 0.15) is 5.01 Å². The van der Waals surface area contributed by atoms with Crippen molar-refractivity contribution >= 4 is 33.8 Å². The van der Waals surface area contributed by atoms with E-state index in [1.165, 1.54) is 17.5 Å². The number of thiazole rings is 1. The number of nitrogens with zero attached hydrogens (tertiary/aromatic N) is 2. The molecule has 0 aromatic carbocycles. The third-order valence-corrected chi connectivity index (χ3v) is 6.73. The Hall–Kier alpha value is -0.210. The minimum atomic E-state index is -3.30. The Morgan fingerprint density at radius 2 is 2.00 bits per heavy atom. The van der Waals surface area contributed by atoms with Crippen molar-refractivity contribution in [3.05, 3.63) is 11.2 Å². The van der Waals surface area contributed by atoms with Gasteiger partial charge in [-0.05, 0) is 31.8 Å². The normalized spacial score (nSPS) is 28.1. The van der Waals surface area contributed by atoms with Crippen LogP contribution in [0, 0.1) is 18.8 Å². The number of aryl methyl sites for hydroxylation is 1. The smallest absolute Gasteiger partial charge is 0.254 e. The topological polar surface area (TPSA) is 62.3 Å². The highest BCUT2D eigenvalue weighted by Gasteiger charge is 2.41. The molecule has 3 rings (SSSR count). The van der Waals surface area contributed by atoms with Gasteiger partial charge in [-0.2, -0.15) is 4.31 Å². The minimum Gasteiger partial charge on any atom is -0.316 e. The van der Waals surface area contributed by atoms with E-state index in [9.17, 15) is 8.42 Å². The Morgan fingerprint density at radius 3 is 2.50 bits per heavy atom. The van der Waals surface area contributed by atoms with Crippen LogP contribution in [0.15, 0.2) is 10.4 Å². The van der Waals surface area contributed by atoms with Gasteiger partial charge in [0.1, 0.15) is 0 Å². The van der Waals surface area contributed by atoms with E-state index in [4.69, 9.17) is 0 Å². The lowest BCUT2D eigenvalue weighted by Crippen LogP contribution is -2.31. The van der Waals surface area contributed by atoms with Crippen LogP contribution in [-0.4, -0.2) is 43.9 Å². The van der Waals surface area contributed by atoms with Crippen LogP contribution in [-0.2, 0) is 10.0 Å². The van der Waals surface area contributed by atoms with Crippen LogP contribution in [0.2, 0.25) is 0 Å². The van der Waals surface area contributed by atoms with Crippen molar-refractivity contribution in [1.82, 2.24) is 14.6 Å². The highest BCUT2D eigenvalue weighted by Crippen LogP contribution is 2.32. The predicted molar refractivity (Wildman–Crippen MR) is 72.7 cm³/mol. The van der Waals surface area contributed by atoms with Gasteiger partial charge in [0, 0.05) is 13.1 Å². The highest BCUT2D eigenvalue weighted by molar-refractivity contribution is 7.91. The highest BCUT2D eigenvalue weighted by atomic mass is 35.5. The summed E-state index contributed by atoms with van der Waals surface area (Å²) in [5.41, 5.74) is 0. The fraction of sp³-hybridized carbons (Fsp3) is 0.700. The molecule has 0 spiro atoms. The Morgan fingerprint density at radius 1 is 1.39 bits per heavy atom. The van der Waals surface area contributed by atoms with E-state index in [1.807, 2.05) is 6.92 Å². The molecule has 1 N–H and O–H groups in total. The van der Waals surface area contributed by atoms with Crippen LogP contribution in [0.5, 0.6) is 0 Å². The summed E-state index contributed by atoms with van der Waals surface area (Å²) in [6, 6.07) is 0. The molecular formula is C10H16ClN3O2S2. The Balaban J connectivity index is 0.00000120. The lowest BCUT2D eigenvalue weighted by molar-refractivity contribution is 0.449. The second-order valence-electron chi connectivity index (χ2n) is 4.70. The first-order valence-corrected chi connectivity index (χ1v) is 7.96. The third kappa shape index (κ3) is 2.30. The van der Waals surface area contributed by atoms with Gasteiger partial charge >= 0.3 is 0 Å². The van der Waals surface area contributed by atoms with Crippen LogP contribution >= 0.6 is 23.7 Å². The predicted octanol–water partition coefficient (Wildman–Crippen LogP) is 0.713. The van der Waals surface area contributed by atoms with Gasteiger partial charge in [-0.15, -0.1) is 23.7 Å². The molecule has 2 saturated heterocycles. The quantitative estimate of drug-likeness (QED) is 0.874. The summed E-state index contributed by atoms with van der Waals surface area (Å²) in [4.78, 5) is 4.03. The molecule has 3 heterocycles. The zero-order valence-corrected chi connectivity index (χ0v) is 12.4. The van der Waals surface area contributed by atoms with Crippen LogP contribution < -0.4 is 5.32 Å². The first-order chi connectivity index (χ1) is 8.07. The van der Waals surface area contributed by atoms with Crippen molar-refractivity contribution in [2.24, 2.45) is 11.8 Å². The molecule has 0 saturated carbocycles. The second-order valence-corrected chi connectivity index (χ2v) is 8.10. The summed E-state index contributed by atoms with van der Waals surface area (Å²) >= 11 is 1.25. The van der Waals surface area contributed by atoms with Crippen molar-refractivity contribution in [3.8, 4) is 0 Å². The van der Waals surface area contributed by atoms with Gasteiger partial charge in [0.05, 0.1) is 11.2 Å². The minimum absolute atomic E-state index is 0. The molecule has 0 bridgehead atoms. The van der Waals surface area contributed by atoms with Crippen molar-refractivity contribution in [1.29, 1.82) is 0 Å². The molecule has 102 valence electrons. The molecule has 0 unspecified atom stereocenters. The number of fused-ring (bicyclic) bond motifs is 1. The Bertz CT molecular complexity index is 519. The maximum atomic E-state index is 12.4. The van der Waals surface area contributed by atoms with E-state index in [-0.39, 0.29) is 12.4 Å². The van der Waals surface area contributed by atoms with E-state index in [0.717, 1.165) is 18.1 Å². The molecule has 0 aliphatic carbocycles. The molecule has 2 aliphatic rings. The fourth-order valence-corrected chi connectivity index (χ4v) is 5.41. The average Bonchev–Trinajstić information content (AvgIpc) is 2.89. The van der Waals surface area contributed by atoms with E-state index in [2.05, 4.69) is 10.3 Å². The van der Waals surface area contributed by atoms with Crippen molar-refractivity contribution in [2.45, 2.75) is 11.1 Å². The zero-order valence-electron chi connectivity index (χ0n) is 10.00. The number of sulfonamides is 1. The lowest BCUT2D eigenvalue weighted by atomic mass is 10.0. The number of aromatic nitrogens is 1. The molecule has 0 amide bonds. The summed E-state index contributed by atoms with van der Waals surface area (Å²) in [7, 11) is -3.30. The number of hydrogen-bond donors (Lipinski definition) is 1. The number of hydrogen-bond acceptors (Lipinski definition) is 5. The average molecular weight is 310 g/mol. The summed E-state index contributed by atoms with van der Waals surface area (Å²) in [6.07, 6.45) is 1.47. The lowest BCUT2D eigenvalue weighted by Gasteiger charge is -2.15. The standard InChI is InChI=1S/C10H15N3O2S2.ClH/c1-7-12-4-10(16-7)17(14,15)13-5-8-2-11-3-9(8)6-13;/h4,8-9,11H,2-3,5-6H2,1H3;1H/t8-,9+;. The first kappa shape index (κ1) is 14.2. The van der Waals surface area contributed by atoms with Crippen molar-refractivity contribution in [2.75, 3.05) is 26.2 Å².